The van der Waals surface area contributed by atoms with Crippen molar-refractivity contribution in [2.45, 2.75) is 38.7 Å². The molecule has 2 N–H and O–H groups in total. The molecule has 0 radical (unpaired) electrons. The van der Waals surface area contributed by atoms with Crippen LogP contribution in [0.2, 0.25) is 0 Å². The van der Waals surface area contributed by atoms with Gasteiger partial charge in [0.25, 0.3) is 0 Å². The highest BCUT2D eigenvalue weighted by atomic mass is 16.5. The third kappa shape index (κ3) is 2.56. The van der Waals surface area contributed by atoms with E-state index in [1.807, 2.05) is 6.07 Å². The lowest BCUT2D eigenvalue weighted by Crippen LogP contribution is -2.27. The van der Waals surface area contributed by atoms with Crippen molar-refractivity contribution in [3.8, 4) is 5.75 Å². The molecule has 0 amide bonds. The first-order chi connectivity index (χ1) is 7.83. The molecule has 2 rings (SSSR count). The SMILES string of the molecule is CCc1cccc(OC2CCCC2CN)c1. The Balaban J connectivity index is 2.02. The van der Waals surface area contributed by atoms with Crippen LogP contribution in [0.25, 0.3) is 0 Å². The molecule has 0 heterocycles. The van der Waals surface area contributed by atoms with Crippen LogP contribution in [0.15, 0.2) is 24.3 Å². The van der Waals surface area contributed by atoms with Crippen molar-refractivity contribution in [3.63, 3.8) is 0 Å². The molecule has 88 valence electrons. The Morgan fingerprint density at radius 3 is 3.00 bits per heavy atom. The highest BCUT2D eigenvalue weighted by Gasteiger charge is 2.27. The molecule has 16 heavy (non-hydrogen) atoms. The molecule has 2 nitrogen and oxygen atoms in total. The van der Waals surface area contributed by atoms with Crippen LogP contribution in [0.4, 0.5) is 0 Å². The Morgan fingerprint density at radius 1 is 1.38 bits per heavy atom. The lowest BCUT2D eigenvalue weighted by atomic mass is 10.1. The van der Waals surface area contributed by atoms with Crippen molar-refractivity contribution < 1.29 is 4.74 Å². The molecular formula is C14H21NO. The van der Waals surface area contributed by atoms with E-state index in [0.717, 1.165) is 25.1 Å². The van der Waals surface area contributed by atoms with Gasteiger partial charge in [0.15, 0.2) is 0 Å². The Labute approximate surface area is 97.8 Å². The van der Waals surface area contributed by atoms with Crippen molar-refractivity contribution in [3.05, 3.63) is 29.8 Å². The number of benzene rings is 1. The fourth-order valence-corrected chi connectivity index (χ4v) is 2.44. The standard InChI is InChI=1S/C14H21NO/c1-2-11-5-3-7-13(9-11)16-14-8-4-6-12(14)10-15/h3,5,7,9,12,14H,2,4,6,8,10,15H2,1H3. The molecular weight excluding hydrogens is 198 g/mol. The van der Waals surface area contributed by atoms with Gasteiger partial charge in [0, 0.05) is 5.92 Å². The zero-order valence-corrected chi connectivity index (χ0v) is 9.99. The first-order valence-electron chi connectivity index (χ1n) is 6.29. The quantitative estimate of drug-likeness (QED) is 0.845. The molecule has 1 aliphatic carbocycles. The molecule has 0 aliphatic heterocycles. The van der Waals surface area contributed by atoms with Gasteiger partial charge in [-0.1, -0.05) is 19.1 Å². The lowest BCUT2D eigenvalue weighted by Gasteiger charge is -2.20. The van der Waals surface area contributed by atoms with Gasteiger partial charge in [0.1, 0.15) is 11.9 Å². The molecule has 2 heteroatoms. The topological polar surface area (TPSA) is 35.2 Å². The zero-order valence-electron chi connectivity index (χ0n) is 9.99. The molecule has 1 fully saturated rings. The van der Waals surface area contributed by atoms with E-state index >= 15 is 0 Å². The molecule has 1 aromatic rings. The van der Waals surface area contributed by atoms with E-state index in [4.69, 9.17) is 10.5 Å². The van der Waals surface area contributed by atoms with E-state index in [0.29, 0.717) is 12.0 Å². The normalized spacial score (nSPS) is 24.6. The van der Waals surface area contributed by atoms with Gasteiger partial charge in [-0.2, -0.15) is 0 Å². The molecule has 0 saturated heterocycles. The maximum atomic E-state index is 6.04. The summed E-state index contributed by atoms with van der Waals surface area (Å²) in [6.45, 7) is 2.91. The number of rotatable bonds is 4. The minimum atomic E-state index is 0.331. The van der Waals surface area contributed by atoms with E-state index in [9.17, 15) is 0 Å². The second-order valence-corrected chi connectivity index (χ2v) is 4.58. The Bertz CT molecular complexity index is 337. The molecule has 2 unspecified atom stereocenters. The summed E-state index contributed by atoms with van der Waals surface area (Å²) in [6.07, 6.45) is 5.01. The number of hydrogen-bond donors (Lipinski definition) is 1. The second kappa shape index (κ2) is 5.35. The van der Waals surface area contributed by atoms with Crippen LogP contribution in [0.5, 0.6) is 5.75 Å². The molecule has 0 bridgehead atoms. The lowest BCUT2D eigenvalue weighted by molar-refractivity contribution is 0.162. The van der Waals surface area contributed by atoms with Gasteiger partial charge in [0.2, 0.25) is 0 Å². The van der Waals surface area contributed by atoms with Gasteiger partial charge < -0.3 is 10.5 Å². The fourth-order valence-electron chi connectivity index (χ4n) is 2.44. The van der Waals surface area contributed by atoms with Crippen molar-refractivity contribution in [1.29, 1.82) is 0 Å². The first kappa shape index (κ1) is 11.5. The smallest absolute Gasteiger partial charge is 0.120 e. The summed E-state index contributed by atoms with van der Waals surface area (Å²) in [5.41, 5.74) is 7.09. The number of hydrogen-bond acceptors (Lipinski definition) is 2. The summed E-state index contributed by atoms with van der Waals surface area (Å²) >= 11 is 0. The second-order valence-electron chi connectivity index (χ2n) is 4.58. The summed E-state index contributed by atoms with van der Waals surface area (Å²) < 4.78 is 6.04. The Morgan fingerprint density at radius 2 is 2.25 bits per heavy atom. The zero-order chi connectivity index (χ0) is 11.4. The molecule has 0 aromatic heterocycles. The van der Waals surface area contributed by atoms with Gasteiger partial charge in [-0.25, -0.2) is 0 Å². The summed E-state index contributed by atoms with van der Waals surface area (Å²) in [5.74, 6) is 1.55. The van der Waals surface area contributed by atoms with Crippen molar-refractivity contribution >= 4 is 0 Å². The maximum absolute atomic E-state index is 6.04. The van der Waals surface area contributed by atoms with E-state index < -0.39 is 0 Å². The number of nitrogens with two attached hydrogens (primary N) is 1. The van der Waals surface area contributed by atoms with Gasteiger partial charge in [-0.05, 0) is 49.9 Å². The van der Waals surface area contributed by atoms with Crippen LogP contribution < -0.4 is 10.5 Å². The fraction of sp³-hybridized carbons (Fsp3) is 0.571. The van der Waals surface area contributed by atoms with Crippen LogP contribution in [0.3, 0.4) is 0 Å². The highest BCUT2D eigenvalue weighted by Crippen LogP contribution is 2.29. The van der Waals surface area contributed by atoms with Gasteiger partial charge in [-0.15, -0.1) is 0 Å². The summed E-state index contributed by atoms with van der Waals surface area (Å²) in [5, 5.41) is 0. The average molecular weight is 219 g/mol. The predicted octanol–water partition coefficient (Wildman–Crippen LogP) is 2.76. The van der Waals surface area contributed by atoms with Crippen LogP contribution in [-0.4, -0.2) is 12.6 Å². The van der Waals surface area contributed by atoms with Gasteiger partial charge >= 0.3 is 0 Å². The molecule has 0 spiro atoms. The summed E-state index contributed by atoms with van der Waals surface area (Å²) in [7, 11) is 0. The van der Waals surface area contributed by atoms with Crippen molar-refractivity contribution in [2.24, 2.45) is 11.7 Å². The number of aryl methyl sites for hydroxylation is 1. The Kier molecular flexibility index (Phi) is 3.83. The summed E-state index contributed by atoms with van der Waals surface area (Å²) in [4.78, 5) is 0. The van der Waals surface area contributed by atoms with Gasteiger partial charge in [-0.3, -0.25) is 0 Å². The number of ether oxygens (including phenoxy) is 1. The third-order valence-electron chi connectivity index (χ3n) is 3.49. The predicted molar refractivity (Wildman–Crippen MR) is 66.6 cm³/mol. The Hall–Kier alpha value is -1.02. The summed E-state index contributed by atoms with van der Waals surface area (Å²) in [6, 6.07) is 8.40. The van der Waals surface area contributed by atoms with Crippen molar-refractivity contribution in [1.82, 2.24) is 0 Å². The minimum Gasteiger partial charge on any atom is -0.490 e. The highest BCUT2D eigenvalue weighted by molar-refractivity contribution is 5.28. The molecule has 2 atom stereocenters. The monoisotopic (exact) mass is 219 g/mol. The maximum Gasteiger partial charge on any atom is 0.120 e. The molecule has 1 aromatic carbocycles. The third-order valence-corrected chi connectivity index (χ3v) is 3.49. The minimum absolute atomic E-state index is 0.331. The molecule has 1 aliphatic rings. The van der Waals surface area contributed by atoms with Crippen LogP contribution in [0, 0.1) is 5.92 Å². The van der Waals surface area contributed by atoms with Crippen LogP contribution in [0.1, 0.15) is 31.7 Å². The first-order valence-corrected chi connectivity index (χ1v) is 6.29. The molecule has 1 saturated carbocycles. The van der Waals surface area contributed by atoms with E-state index in [1.165, 1.54) is 18.4 Å². The van der Waals surface area contributed by atoms with E-state index in [1.54, 1.807) is 0 Å². The largest absolute Gasteiger partial charge is 0.490 e. The van der Waals surface area contributed by atoms with Gasteiger partial charge in [0.05, 0.1) is 0 Å². The van der Waals surface area contributed by atoms with E-state index in [-0.39, 0.29) is 0 Å². The van der Waals surface area contributed by atoms with E-state index in [2.05, 4.69) is 25.1 Å². The average Bonchev–Trinajstić information content (AvgIpc) is 2.76. The van der Waals surface area contributed by atoms with Crippen molar-refractivity contribution in [2.75, 3.05) is 6.54 Å². The van der Waals surface area contributed by atoms with Crippen LogP contribution in [-0.2, 0) is 6.42 Å². The van der Waals surface area contributed by atoms with Crippen LogP contribution >= 0.6 is 0 Å².